The highest BCUT2D eigenvalue weighted by atomic mass is 19.1. The van der Waals surface area contributed by atoms with Crippen LogP contribution in [0.5, 0.6) is 0 Å². The number of fused-ring (bicyclic) bond motifs is 2. The number of carboxylic acids is 1. The minimum atomic E-state index is -1.31. The number of anilines is 1. The summed E-state index contributed by atoms with van der Waals surface area (Å²) in [4.78, 5) is 30.1. The lowest BCUT2D eigenvalue weighted by Gasteiger charge is -2.22. The Morgan fingerprint density at radius 2 is 2.00 bits per heavy atom. The summed E-state index contributed by atoms with van der Waals surface area (Å²) in [6, 6.07) is 1.45. The quantitative estimate of drug-likeness (QED) is 0.860. The van der Waals surface area contributed by atoms with Gasteiger partial charge in [-0.05, 0) is 30.7 Å². The van der Waals surface area contributed by atoms with E-state index in [2.05, 4.69) is 4.98 Å². The Balaban J connectivity index is 1.68. The first kappa shape index (κ1) is 14.8. The average Bonchev–Trinajstić information content (AvgIpc) is 3.46. The first-order valence-corrected chi connectivity index (χ1v) is 8.45. The Labute approximate surface area is 141 Å². The standard InChI is InChI=1S/C17H17FN4O3/c18-12-3-8-14(23)11(17(24)25)6-22(7-1-2-7)15(8)20-16(12)21-4-9-10(5-21)13(9)19/h3,6-7,9-10,13H,1-2,4-5,19H2,(H,24,25)/t9-,10?,13?/m1/s1. The van der Waals surface area contributed by atoms with E-state index in [1.165, 1.54) is 6.20 Å². The van der Waals surface area contributed by atoms with Crippen LogP contribution in [-0.4, -0.2) is 39.8 Å². The van der Waals surface area contributed by atoms with Crippen molar-refractivity contribution >= 4 is 22.8 Å². The van der Waals surface area contributed by atoms with Crippen LogP contribution in [0.3, 0.4) is 0 Å². The molecule has 1 saturated heterocycles. The third-order valence-electron chi connectivity index (χ3n) is 5.67. The molecular weight excluding hydrogens is 327 g/mol. The molecule has 2 aromatic rings. The maximum atomic E-state index is 14.6. The van der Waals surface area contributed by atoms with Gasteiger partial charge in [-0.1, -0.05) is 0 Å². The zero-order chi connectivity index (χ0) is 17.5. The molecule has 2 saturated carbocycles. The molecule has 2 aromatic heterocycles. The Hall–Kier alpha value is -2.48. The van der Waals surface area contributed by atoms with Crippen LogP contribution in [0.2, 0.25) is 0 Å². The first-order chi connectivity index (χ1) is 12.0. The van der Waals surface area contributed by atoms with Gasteiger partial charge in [0, 0.05) is 31.4 Å². The highest BCUT2D eigenvalue weighted by molar-refractivity contribution is 5.92. The van der Waals surface area contributed by atoms with Gasteiger partial charge in [-0.3, -0.25) is 4.79 Å². The third-order valence-corrected chi connectivity index (χ3v) is 5.67. The lowest BCUT2D eigenvalue weighted by atomic mass is 10.2. The Kier molecular flexibility index (Phi) is 2.84. The predicted octanol–water partition coefficient (Wildman–Crippen LogP) is 0.962. The number of piperidine rings is 1. The van der Waals surface area contributed by atoms with Crippen LogP contribution in [0.15, 0.2) is 17.1 Å². The topological polar surface area (TPSA) is 101 Å². The number of nitrogens with two attached hydrogens (primary N) is 1. The van der Waals surface area contributed by atoms with Gasteiger partial charge in [-0.25, -0.2) is 14.2 Å². The maximum Gasteiger partial charge on any atom is 0.341 e. The lowest BCUT2D eigenvalue weighted by Crippen LogP contribution is -2.30. The van der Waals surface area contributed by atoms with Gasteiger partial charge in [0.05, 0.1) is 5.39 Å². The van der Waals surface area contributed by atoms with Gasteiger partial charge in [0.15, 0.2) is 11.6 Å². The second-order valence-electron chi connectivity index (χ2n) is 7.29. The summed E-state index contributed by atoms with van der Waals surface area (Å²) in [7, 11) is 0. The molecule has 0 spiro atoms. The molecule has 25 heavy (non-hydrogen) atoms. The van der Waals surface area contributed by atoms with Crippen molar-refractivity contribution in [3.63, 3.8) is 0 Å². The molecule has 2 aliphatic carbocycles. The number of carboxylic acid groups (broad SMARTS) is 1. The molecule has 2 unspecified atom stereocenters. The van der Waals surface area contributed by atoms with Crippen molar-refractivity contribution in [2.45, 2.75) is 24.9 Å². The van der Waals surface area contributed by atoms with Gasteiger partial charge < -0.3 is 20.3 Å². The minimum Gasteiger partial charge on any atom is -0.477 e. The van der Waals surface area contributed by atoms with E-state index in [0.717, 1.165) is 18.9 Å². The monoisotopic (exact) mass is 344 g/mol. The van der Waals surface area contributed by atoms with Crippen molar-refractivity contribution in [1.29, 1.82) is 0 Å². The van der Waals surface area contributed by atoms with Crippen LogP contribution < -0.4 is 16.1 Å². The van der Waals surface area contributed by atoms with Crippen LogP contribution in [0, 0.1) is 17.7 Å². The van der Waals surface area contributed by atoms with Gasteiger partial charge in [-0.15, -0.1) is 0 Å². The fourth-order valence-electron chi connectivity index (χ4n) is 3.99. The molecule has 0 aromatic carbocycles. The van der Waals surface area contributed by atoms with E-state index in [4.69, 9.17) is 5.73 Å². The normalized spacial score (nSPS) is 27.6. The summed E-state index contributed by atoms with van der Waals surface area (Å²) in [6.07, 6.45) is 3.14. The molecule has 5 rings (SSSR count). The fraction of sp³-hybridized carbons (Fsp3) is 0.471. The molecule has 0 amide bonds. The average molecular weight is 344 g/mol. The van der Waals surface area contributed by atoms with E-state index >= 15 is 0 Å². The van der Waals surface area contributed by atoms with Gasteiger partial charge >= 0.3 is 5.97 Å². The highest BCUT2D eigenvalue weighted by Crippen LogP contribution is 2.45. The van der Waals surface area contributed by atoms with Crippen LogP contribution in [0.1, 0.15) is 29.2 Å². The predicted molar refractivity (Wildman–Crippen MR) is 88.4 cm³/mol. The van der Waals surface area contributed by atoms with E-state index < -0.39 is 17.2 Å². The Bertz CT molecular complexity index is 972. The molecule has 3 aliphatic rings. The molecule has 0 radical (unpaired) electrons. The number of hydrogen-bond acceptors (Lipinski definition) is 5. The van der Waals surface area contributed by atoms with Crippen molar-refractivity contribution in [2.75, 3.05) is 18.0 Å². The van der Waals surface area contributed by atoms with E-state index in [1.807, 2.05) is 4.90 Å². The zero-order valence-electron chi connectivity index (χ0n) is 13.4. The van der Waals surface area contributed by atoms with Crippen LogP contribution >= 0.6 is 0 Å². The van der Waals surface area contributed by atoms with Gasteiger partial charge in [0.2, 0.25) is 5.43 Å². The number of halogens is 1. The van der Waals surface area contributed by atoms with Crippen LogP contribution in [0.4, 0.5) is 10.2 Å². The van der Waals surface area contributed by atoms with Crippen molar-refractivity contribution in [3.8, 4) is 0 Å². The minimum absolute atomic E-state index is 0.0223. The summed E-state index contributed by atoms with van der Waals surface area (Å²) < 4.78 is 16.4. The maximum absolute atomic E-state index is 14.6. The van der Waals surface area contributed by atoms with Crippen molar-refractivity contribution in [2.24, 2.45) is 17.6 Å². The summed E-state index contributed by atoms with van der Waals surface area (Å²) in [5.41, 5.74) is 5.26. The highest BCUT2D eigenvalue weighted by Gasteiger charge is 2.54. The zero-order valence-corrected chi connectivity index (χ0v) is 13.4. The van der Waals surface area contributed by atoms with Crippen molar-refractivity contribution in [1.82, 2.24) is 9.55 Å². The Morgan fingerprint density at radius 1 is 1.32 bits per heavy atom. The molecule has 0 bridgehead atoms. The second-order valence-corrected chi connectivity index (χ2v) is 7.29. The lowest BCUT2D eigenvalue weighted by molar-refractivity contribution is 0.0695. The van der Waals surface area contributed by atoms with Crippen molar-refractivity contribution < 1.29 is 14.3 Å². The van der Waals surface area contributed by atoms with E-state index in [1.54, 1.807) is 4.57 Å². The number of aromatic carboxylic acids is 1. The molecule has 130 valence electrons. The third kappa shape index (κ3) is 2.10. The molecule has 3 heterocycles. The van der Waals surface area contributed by atoms with Gasteiger partial charge in [0.1, 0.15) is 11.2 Å². The van der Waals surface area contributed by atoms with Gasteiger partial charge in [0.25, 0.3) is 0 Å². The van der Waals surface area contributed by atoms with E-state index in [-0.39, 0.29) is 28.9 Å². The molecule has 8 heteroatoms. The number of hydrogen-bond donors (Lipinski definition) is 2. The van der Waals surface area contributed by atoms with Crippen molar-refractivity contribution in [3.05, 3.63) is 33.9 Å². The molecule has 3 fully saturated rings. The SMILES string of the molecule is NC1C2CN(c3nc4c(cc3F)c(=O)c(C(=O)O)cn4C3CC3)C[C@@H]12. The second kappa shape index (κ2) is 4.78. The summed E-state index contributed by atoms with van der Waals surface area (Å²) in [5, 5.41) is 9.28. The molecule has 3 N–H and O–H groups in total. The fourth-order valence-corrected chi connectivity index (χ4v) is 3.99. The summed E-state index contributed by atoms with van der Waals surface area (Å²) >= 11 is 0. The first-order valence-electron chi connectivity index (χ1n) is 8.45. The number of pyridine rings is 2. The number of nitrogens with zero attached hydrogens (tertiary/aromatic N) is 3. The Morgan fingerprint density at radius 3 is 2.60 bits per heavy atom. The van der Waals surface area contributed by atoms with Crippen LogP contribution in [-0.2, 0) is 0 Å². The molecular formula is C17H17FN4O3. The summed E-state index contributed by atoms with van der Waals surface area (Å²) in [6.45, 7) is 1.34. The van der Waals surface area contributed by atoms with E-state index in [0.29, 0.717) is 30.6 Å². The molecule has 1 aliphatic heterocycles. The largest absolute Gasteiger partial charge is 0.477 e. The number of carbonyl (C=O) groups is 1. The molecule has 3 atom stereocenters. The van der Waals surface area contributed by atoms with Crippen LogP contribution in [0.25, 0.3) is 11.0 Å². The molecule has 7 nitrogen and oxygen atoms in total. The van der Waals surface area contributed by atoms with E-state index in [9.17, 15) is 19.1 Å². The van der Waals surface area contributed by atoms with Gasteiger partial charge in [-0.2, -0.15) is 0 Å². The smallest absolute Gasteiger partial charge is 0.341 e. The number of rotatable bonds is 3. The number of aromatic nitrogens is 2. The summed E-state index contributed by atoms with van der Waals surface area (Å²) in [5.74, 6) is -0.902.